The zero-order valence-electron chi connectivity index (χ0n) is 11.8. The summed E-state index contributed by atoms with van der Waals surface area (Å²) in [7, 11) is 0. The first-order valence-corrected chi connectivity index (χ1v) is 7.46. The fourth-order valence-electron chi connectivity index (χ4n) is 2.41. The molecule has 96 valence electrons. The lowest BCUT2D eigenvalue weighted by Crippen LogP contribution is -2.20. The molecule has 0 bridgehead atoms. The van der Waals surface area contributed by atoms with Crippen molar-refractivity contribution in [3.05, 3.63) is 35.4 Å². The Bertz CT molecular complexity index is 350. The van der Waals surface area contributed by atoms with Gasteiger partial charge >= 0.3 is 0 Å². The molecule has 0 radical (unpaired) electrons. The van der Waals surface area contributed by atoms with Gasteiger partial charge < -0.3 is 0 Å². The molecule has 0 amide bonds. The molecule has 1 heteroatoms. The van der Waals surface area contributed by atoms with Crippen molar-refractivity contribution in [3.63, 3.8) is 0 Å². The zero-order valence-corrected chi connectivity index (χ0v) is 13.3. The van der Waals surface area contributed by atoms with E-state index in [0.29, 0.717) is 4.83 Å². The first-order valence-electron chi connectivity index (χ1n) is 6.55. The van der Waals surface area contributed by atoms with Crippen LogP contribution in [-0.4, -0.2) is 4.83 Å². The van der Waals surface area contributed by atoms with E-state index in [-0.39, 0.29) is 5.41 Å². The topological polar surface area (TPSA) is 0 Å². The maximum atomic E-state index is 3.67. The average molecular weight is 297 g/mol. The van der Waals surface area contributed by atoms with Gasteiger partial charge in [-0.1, -0.05) is 74.8 Å². The second kappa shape index (κ2) is 6.04. The van der Waals surface area contributed by atoms with E-state index in [9.17, 15) is 0 Å². The van der Waals surface area contributed by atoms with Crippen molar-refractivity contribution in [2.45, 2.75) is 57.7 Å². The highest BCUT2D eigenvalue weighted by atomic mass is 79.9. The Kier molecular flexibility index (Phi) is 5.24. The van der Waals surface area contributed by atoms with Gasteiger partial charge in [0.2, 0.25) is 0 Å². The predicted molar refractivity (Wildman–Crippen MR) is 81.0 cm³/mol. The lowest BCUT2D eigenvalue weighted by molar-refractivity contribution is 0.481. The summed E-state index contributed by atoms with van der Waals surface area (Å²) in [5.74, 6) is 0.725. The SMILES string of the molecule is CC(C)Cc1cccc(C(C)(C)CC(C)Br)c1. The Morgan fingerprint density at radius 2 is 1.82 bits per heavy atom. The highest BCUT2D eigenvalue weighted by molar-refractivity contribution is 9.09. The van der Waals surface area contributed by atoms with Crippen molar-refractivity contribution in [1.82, 2.24) is 0 Å². The number of alkyl halides is 1. The molecule has 0 saturated carbocycles. The van der Waals surface area contributed by atoms with Crippen molar-refractivity contribution in [1.29, 1.82) is 0 Å². The Balaban J connectivity index is 2.90. The average Bonchev–Trinajstić information content (AvgIpc) is 2.15. The Morgan fingerprint density at radius 3 is 2.35 bits per heavy atom. The van der Waals surface area contributed by atoms with Crippen molar-refractivity contribution in [3.8, 4) is 0 Å². The molecule has 17 heavy (non-hydrogen) atoms. The molecule has 1 rings (SSSR count). The number of rotatable bonds is 5. The van der Waals surface area contributed by atoms with Gasteiger partial charge in [-0.3, -0.25) is 0 Å². The molecule has 0 spiro atoms. The monoisotopic (exact) mass is 296 g/mol. The van der Waals surface area contributed by atoms with Gasteiger partial charge in [0.05, 0.1) is 0 Å². The van der Waals surface area contributed by atoms with Gasteiger partial charge in [-0.25, -0.2) is 0 Å². The molecule has 0 nitrogen and oxygen atoms in total. The molecule has 0 aliphatic heterocycles. The Labute approximate surface area is 115 Å². The lowest BCUT2D eigenvalue weighted by Gasteiger charge is -2.27. The third-order valence-electron chi connectivity index (χ3n) is 3.14. The molecule has 1 atom stereocenters. The Hall–Kier alpha value is -0.300. The van der Waals surface area contributed by atoms with E-state index in [4.69, 9.17) is 0 Å². The largest absolute Gasteiger partial charge is 0.0893 e. The van der Waals surface area contributed by atoms with E-state index in [1.165, 1.54) is 17.5 Å². The highest BCUT2D eigenvalue weighted by Crippen LogP contribution is 2.31. The summed E-state index contributed by atoms with van der Waals surface area (Å²) >= 11 is 3.67. The smallest absolute Gasteiger partial charge is 0.0125 e. The standard InChI is InChI=1S/C16H25Br/c1-12(2)9-14-7-6-8-15(10-14)16(4,5)11-13(3)17/h6-8,10,12-13H,9,11H2,1-5H3. The van der Waals surface area contributed by atoms with Crippen LogP contribution >= 0.6 is 15.9 Å². The fraction of sp³-hybridized carbons (Fsp3) is 0.625. The second-order valence-electron chi connectivity index (χ2n) is 6.17. The minimum atomic E-state index is 0.246. The number of hydrogen-bond acceptors (Lipinski definition) is 0. The highest BCUT2D eigenvalue weighted by Gasteiger charge is 2.22. The van der Waals surface area contributed by atoms with Gasteiger partial charge in [0, 0.05) is 4.83 Å². The van der Waals surface area contributed by atoms with Gasteiger partial charge in [-0.15, -0.1) is 0 Å². The molecule has 0 aromatic heterocycles. The molecule has 0 aliphatic rings. The van der Waals surface area contributed by atoms with Gasteiger partial charge in [0.15, 0.2) is 0 Å². The first kappa shape index (κ1) is 14.8. The van der Waals surface area contributed by atoms with Crippen LogP contribution in [0.3, 0.4) is 0 Å². The molecule has 0 saturated heterocycles. The van der Waals surface area contributed by atoms with Gasteiger partial charge in [0.1, 0.15) is 0 Å². The van der Waals surface area contributed by atoms with Crippen LogP contribution in [0.15, 0.2) is 24.3 Å². The lowest BCUT2D eigenvalue weighted by atomic mass is 9.80. The molecule has 1 aromatic rings. The summed E-state index contributed by atoms with van der Waals surface area (Å²) in [4.78, 5) is 0.561. The van der Waals surface area contributed by atoms with E-state index >= 15 is 0 Å². The zero-order chi connectivity index (χ0) is 13.1. The van der Waals surface area contributed by atoms with Crippen molar-refractivity contribution < 1.29 is 0 Å². The van der Waals surface area contributed by atoms with E-state index in [1.807, 2.05) is 0 Å². The molecular formula is C16H25Br. The van der Waals surface area contributed by atoms with Crippen LogP contribution in [0, 0.1) is 5.92 Å². The number of hydrogen-bond donors (Lipinski definition) is 0. The van der Waals surface area contributed by atoms with Crippen LogP contribution in [0.5, 0.6) is 0 Å². The van der Waals surface area contributed by atoms with Gasteiger partial charge in [-0.05, 0) is 35.3 Å². The van der Waals surface area contributed by atoms with Crippen molar-refractivity contribution >= 4 is 15.9 Å². The summed E-state index contributed by atoms with van der Waals surface area (Å²) in [6.07, 6.45) is 2.34. The molecular weight excluding hydrogens is 272 g/mol. The molecule has 0 aliphatic carbocycles. The third-order valence-corrected chi connectivity index (χ3v) is 3.47. The summed E-state index contributed by atoms with van der Waals surface area (Å²) < 4.78 is 0. The first-order chi connectivity index (χ1) is 7.81. The number of halogens is 1. The van der Waals surface area contributed by atoms with E-state index in [1.54, 1.807) is 0 Å². The Morgan fingerprint density at radius 1 is 1.18 bits per heavy atom. The predicted octanol–water partition coefficient (Wildman–Crippen LogP) is 5.34. The summed E-state index contributed by atoms with van der Waals surface area (Å²) in [5, 5.41) is 0. The van der Waals surface area contributed by atoms with Crippen LogP contribution in [0.25, 0.3) is 0 Å². The van der Waals surface area contributed by atoms with Crippen molar-refractivity contribution in [2.75, 3.05) is 0 Å². The normalized spacial score (nSPS) is 14.1. The molecule has 1 unspecified atom stereocenters. The van der Waals surface area contributed by atoms with Crippen molar-refractivity contribution in [2.24, 2.45) is 5.92 Å². The molecule has 0 N–H and O–H groups in total. The fourth-order valence-corrected chi connectivity index (χ4v) is 3.22. The molecule has 1 aromatic carbocycles. The minimum Gasteiger partial charge on any atom is -0.0893 e. The maximum Gasteiger partial charge on any atom is 0.0125 e. The van der Waals surface area contributed by atoms with Crippen LogP contribution in [-0.2, 0) is 11.8 Å². The minimum absolute atomic E-state index is 0.246. The van der Waals surface area contributed by atoms with Crippen LogP contribution in [0.4, 0.5) is 0 Å². The second-order valence-corrected chi connectivity index (χ2v) is 7.73. The molecule has 0 heterocycles. The summed E-state index contributed by atoms with van der Waals surface area (Å²) in [6.45, 7) is 11.4. The maximum absolute atomic E-state index is 3.67. The summed E-state index contributed by atoms with van der Waals surface area (Å²) in [5.41, 5.74) is 3.17. The van der Waals surface area contributed by atoms with E-state index in [2.05, 4.69) is 74.8 Å². The number of benzene rings is 1. The van der Waals surface area contributed by atoms with Crippen LogP contribution in [0.1, 0.15) is 52.2 Å². The quantitative estimate of drug-likeness (QED) is 0.644. The van der Waals surface area contributed by atoms with E-state index < -0.39 is 0 Å². The van der Waals surface area contributed by atoms with E-state index in [0.717, 1.165) is 12.3 Å². The molecule has 0 fully saturated rings. The van der Waals surface area contributed by atoms with Gasteiger partial charge in [0.25, 0.3) is 0 Å². The van der Waals surface area contributed by atoms with Gasteiger partial charge in [-0.2, -0.15) is 0 Å². The van der Waals surface area contributed by atoms with Crippen LogP contribution < -0.4 is 0 Å². The van der Waals surface area contributed by atoms with Crippen LogP contribution in [0.2, 0.25) is 0 Å². The third kappa shape index (κ3) is 4.83. The summed E-state index contributed by atoms with van der Waals surface area (Å²) in [6, 6.07) is 9.10.